The van der Waals surface area contributed by atoms with Gasteiger partial charge in [-0.05, 0) is 54.6 Å². The van der Waals surface area contributed by atoms with Gasteiger partial charge in [0.2, 0.25) is 0 Å². The lowest BCUT2D eigenvalue weighted by atomic mass is 10.1. The van der Waals surface area contributed by atoms with Crippen LogP contribution in [0.3, 0.4) is 0 Å². The number of sulfonamides is 1. The van der Waals surface area contributed by atoms with Crippen molar-refractivity contribution in [3.63, 3.8) is 0 Å². The number of anilines is 2. The molecule has 150 valence electrons. The zero-order chi connectivity index (χ0) is 21.1. The van der Waals surface area contributed by atoms with E-state index in [1.165, 1.54) is 23.5 Å². The lowest BCUT2D eigenvalue weighted by Gasteiger charge is -2.19. The summed E-state index contributed by atoms with van der Waals surface area (Å²) in [5, 5.41) is 3.66. The Hall–Kier alpha value is -3.71. The molecule has 4 rings (SSSR count). The average molecular weight is 417 g/mol. The topological polar surface area (TPSA) is 79.4 Å². The molecule has 0 aliphatic rings. The Kier molecular flexibility index (Phi) is 5.20. The Bertz CT molecular complexity index is 1320. The number of fused-ring (bicyclic) bond motifs is 1. The molecule has 0 fully saturated rings. The molecule has 0 atom stereocenters. The number of nitrogens with one attached hydrogen (secondary N) is 1. The second-order valence-electron chi connectivity index (χ2n) is 6.67. The molecule has 6 nitrogen and oxygen atoms in total. The van der Waals surface area contributed by atoms with E-state index in [1.807, 2.05) is 18.2 Å². The van der Waals surface area contributed by atoms with E-state index in [1.54, 1.807) is 60.8 Å². The van der Waals surface area contributed by atoms with Gasteiger partial charge in [-0.25, -0.2) is 8.42 Å². The first kappa shape index (κ1) is 19.6. The van der Waals surface area contributed by atoms with Gasteiger partial charge in [-0.2, -0.15) is 0 Å². The smallest absolute Gasteiger partial charge is 0.264 e. The van der Waals surface area contributed by atoms with Crippen molar-refractivity contribution < 1.29 is 13.2 Å². The third-order valence-corrected chi connectivity index (χ3v) is 6.55. The van der Waals surface area contributed by atoms with E-state index >= 15 is 0 Å². The van der Waals surface area contributed by atoms with E-state index in [0.717, 1.165) is 10.9 Å². The molecule has 0 aliphatic carbocycles. The van der Waals surface area contributed by atoms with Gasteiger partial charge in [0, 0.05) is 24.2 Å². The molecule has 3 aromatic carbocycles. The second kappa shape index (κ2) is 7.96. The van der Waals surface area contributed by atoms with E-state index in [-0.39, 0.29) is 10.5 Å². The molecule has 0 saturated heterocycles. The minimum Gasteiger partial charge on any atom is -0.321 e. The predicted octanol–water partition coefficient (Wildman–Crippen LogP) is 4.31. The summed E-state index contributed by atoms with van der Waals surface area (Å²) in [4.78, 5) is 17.2. The van der Waals surface area contributed by atoms with Crippen molar-refractivity contribution in [2.75, 3.05) is 16.7 Å². The number of amides is 1. The summed E-state index contributed by atoms with van der Waals surface area (Å²) in [6.07, 6.45) is 1.69. The van der Waals surface area contributed by atoms with E-state index < -0.39 is 15.9 Å². The van der Waals surface area contributed by atoms with Crippen LogP contribution in [0.4, 0.5) is 11.4 Å². The number of pyridine rings is 1. The maximum absolute atomic E-state index is 13.0. The number of hydrogen-bond donors (Lipinski definition) is 1. The van der Waals surface area contributed by atoms with Crippen molar-refractivity contribution in [3.8, 4) is 0 Å². The molecule has 0 spiro atoms. The third kappa shape index (κ3) is 3.75. The maximum Gasteiger partial charge on any atom is 0.264 e. The van der Waals surface area contributed by atoms with Gasteiger partial charge in [0.25, 0.3) is 15.9 Å². The first-order valence-corrected chi connectivity index (χ1v) is 10.7. The summed E-state index contributed by atoms with van der Waals surface area (Å²) < 4.78 is 27.2. The molecule has 0 radical (unpaired) electrons. The van der Waals surface area contributed by atoms with Crippen molar-refractivity contribution in [1.29, 1.82) is 0 Å². The Morgan fingerprint density at radius 1 is 0.900 bits per heavy atom. The standard InChI is InChI=1S/C23H19N3O3S/c1-26(18-9-3-2-4-10-18)30(28,29)19-11-5-8-17(16-19)23(27)25-22-14-6-13-21-20(22)12-7-15-24-21/h2-16H,1H3,(H,25,27). The quantitative estimate of drug-likeness (QED) is 0.525. The van der Waals surface area contributed by atoms with Crippen molar-refractivity contribution >= 4 is 38.2 Å². The van der Waals surface area contributed by atoms with Crippen molar-refractivity contribution in [1.82, 2.24) is 4.98 Å². The zero-order valence-corrected chi connectivity index (χ0v) is 17.0. The summed E-state index contributed by atoms with van der Waals surface area (Å²) in [5.74, 6) is -0.397. The van der Waals surface area contributed by atoms with Crippen LogP contribution in [0.5, 0.6) is 0 Å². The average Bonchev–Trinajstić information content (AvgIpc) is 2.79. The molecule has 1 N–H and O–H groups in total. The molecule has 0 aliphatic heterocycles. The van der Waals surface area contributed by atoms with Crippen molar-refractivity contribution in [2.45, 2.75) is 4.90 Å². The number of rotatable bonds is 5. The van der Waals surface area contributed by atoms with Crippen LogP contribution in [0, 0.1) is 0 Å². The molecular formula is C23H19N3O3S. The summed E-state index contributed by atoms with van der Waals surface area (Å²) in [6, 6.07) is 23.9. The number of hydrogen-bond acceptors (Lipinski definition) is 4. The highest BCUT2D eigenvalue weighted by Gasteiger charge is 2.22. The Morgan fingerprint density at radius 3 is 2.47 bits per heavy atom. The van der Waals surface area contributed by atoms with Crippen LogP contribution < -0.4 is 9.62 Å². The Balaban J connectivity index is 1.64. The number of carbonyl (C=O) groups is 1. The van der Waals surface area contributed by atoms with Crippen LogP contribution in [0.2, 0.25) is 0 Å². The lowest BCUT2D eigenvalue weighted by molar-refractivity contribution is 0.102. The van der Waals surface area contributed by atoms with Gasteiger partial charge in [-0.1, -0.05) is 30.3 Å². The summed E-state index contributed by atoms with van der Waals surface area (Å²) in [6.45, 7) is 0. The van der Waals surface area contributed by atoms with Crippen LogP contribution in [-0.2, 0) is 10.0 Å². The monoisotopic (exact) mass is 417 g/mol. The maximum atomic E-state index is 13.0. The van der Waals surface area contributed by atoms with Crippen LogP contribution in [0.25, 0.3) is 10.9 Å². The van der Waals surface area contributed by atoms with Gasteiger partial charge in [0.1, 0.15) is 0 Å². The zero-order valence-electron chi connectivity index (χ0n) is 16.2. The van der Waals surface area contributed by atoms with Crippen LogP contribution in [-0.4, -0.2) is 26.4 Å². The lowest BCUT2D eigenvalue weighted by Crippen LogP contribution is -2.26. The van der Waals surface area contributed by atoms with E-state index in [4.69, 9.17) is 0 Å². The third-order valence-electron chi connectivity index (χ3n) is 4.77. The number of para-hydroxylation sites is 1. The largest absolute Gasteiger partial charge is 0.321 e. The molecule has 7 heteroatoms. The highest BCUT2D eigenvalue weighted by Crippen LogP contribution is 2.24. The molecular weight excluding hydrogens is 398 g/mol. The summed E-state index contributed by atoms with van der Waals surface area (Å²) in [5.41, 5.74) is 2.16. The summed E-state index contributed by atoms with van der Waals surface area (Å²) >= 11 is 0. The van der Waals surface area contributed by atoms with E-state index in [0.29, 0.717) is 11.4 Å². The SMILES string of the molecule is CN(c1ccccc1)S(=O)(=O)c1cccc(C(=O)Nc2cccc3ncccc23)c1. The minimum atomic E-state index is -3.81. The van der Waals surface area contributed by atoms with E-state index in [2.05, 4.69) is 10.3 Å². The molecule has 1 heterocycles. The predicted molar refractivity (Wildman–Crippen MR) is 118 cm³/mol. The summed E-state index contributed by atoms with van der Waals surface area (Å²) in [7, 11) is -2.33. The number of benzene rings is 3. The van der Waals surface area contributed by atoms with Crippen molar-refractivity contribution in [3.05, 3.63) is 96.7 Å². The van der Waals surface area contributed by atoms with Crippen molar-refractivity contribution in [2.24, 2.45) is 0 Å². The Labute approximate surface area is 174 Å². The molecule has 0 saturated carbocycles. The van der Waals surface area contributed by atoms with Gasteiger partial charge < -0.3 is 5.32 Å². The normalized spacial score (nSPS) is 11.2. The fraction of sp³-hybridized carbons (Fsp3) is 0.0435. The number of aromatic nitrogens is 1. The van der Waals surface area contributed by atoms with Gasteiger partial charge in [0.15, 0.2) is 0 Å². The first-order chi connectivity index (χ1) is 14.5. The van der Waals surface area contributed by atoms with Gasteiger partial charge >= 0.3 is 0 Å². The fourth-order valence-corrected chi connectivity index (χ4v) is 4.38. The van der Waals surface area contributed by atoms with Crippen LogP contribution in [0.15, 0.2) is 96.0 Å². The van der Waals surface area contributed by atoms with Gasteiger partial charge in [-0.15, -0.1) is 0 Å². The fourth-order valence-electron chi connectivity index (χ4n) is 3.14. The highest BCUT2D eigenvalue weighted by atomic mass is 32.2. The molecule has 0 unspecified atom stereocenters. The molecule has 30 heavy (non-hydrogen) atoms. The molecule has 4 aromatic rings. The van der Waals surface area contributed by atoms with Crippen LogP contribution in [0.1, 0.15) is 10.4 Å². The number of carbonyl (C=O) groups excluding carboxylic acids is 1. The highest BCUT2D eigenvalue weighted by molar-refractivity contribution is 7.92. The molecule has 1 aromatic heterocycles. The minimum absolute atomic E-state index is 0.0427. The van der Waals surface area contributed by atoms with E-state index in [9.17, 15) is 13.2 Å². The second-order valence-corrected chi connectivity index (χ2v) is 8.63. The van der Waals surface area contributed by atoms with Gasteiger partial charge in [0.05, 0.1) is 21.8 Å². The first-order valence-electron chi connectivity index (χ1n) is 9.26. The molecule has 1 amide bonds. The number of nitrogens with zero attached hydrogens (tertiary/aromatic N) is 2. The van der Waals surface area contributed by atoms with Gasteiger partial charge in [-0.3, -0.25) is 14.1 Å². The Morgan fingerprint density at radius 2 is 1.67 bits per heavy atom. The van der Waals surface area contributed by atoms with Crippen LogP contribution >= 0.6 is 0 Å². The molecule has 0 bridgehead atoms.